The van der Waals surface area contributed by atoms with E-state index in [1.807, 2.05) is 0 Å². The summed E-state index contributed by atoms with van der Waals surface area (Å²) < 4.78 is 40.6. The van der Waals surface area contributed by atoms with E-state index < -0.39 is 15.8 Å². The van der Waals surface area contributed by atoms with Gasteiger partial charge in [0.05, 0.1) is 22.2 Å². The van der Waals surface area contributed by atoms with Crippen LogP contribution < -0.4 is 0 Å². The molecule has 2 aromatic rings. The summed E-state index contributed by atoms with van der Waals surface area (Å²) >= 11 is 0. The van der Waals surface area contributed by atoms with Crippen LogP contribution in [0.4, 0.5) is 4.39 Å². The number of rotatable bonds is 2. The molecule has 1 saturated heterocycles. The fourth-order valence-electron chi connectivity index (χ4n) is 3.51. The number of hydrogen-bond donors (Lipinski definition) is 0. The number of pyridine rings is 1. The van der Waals surface area contributed by atoms with Gasteiger partial charge in [0, 0.05) is 25.8 Å². The number of hydrogen-bond acceptors (Lipinski definition) is 4. The van der Waals surface area contributed by atoms with Crippen molar-refractivity contribution in [2.45, 2.75) is 17.9 Å². The highest BCUT2D eigenvalue weighted by Crippen LogP contribution is 2.36. The van der Waals surface area contributed by atoms with Gasteiger partial charge in [0.2, 0.25) is 10.0 Å². The number of aromatic nitrogens is 1. The first-order valence-electron chi connectivity index (χ1n) is 7.92. The zero-order valence-electron chi connectivity index (χ0n) is 13.5. The topological polar surface area (TPSA) is 70.6 Å². The summed E-state index contributed by atoms with van der Waals surface area (Å²) in [4.78, 5) is 18.5. The Morgan fingerprint density at radius 1 is 1.24 bits per heavy atom. The van der Waals surface area contributed by atoms with Crippen LogP contribution in [0.1, 0.15) is 27.7 Å². The van der Waals surface area contributed by atoms with Crippen LogP contribution in [0, 0.1) is 12.7 Å². The van der Waals surface area contributed by atoms with Crippen LogP contribution in [0.25, 0.3) is 0 Å². The van der Waals surface area contributed by atoms with Gasteiger partial charge in [-0.1, -0.05) is 0 Å². The molecule has 1 amide bonds. The maximum atomic E-state index is 13.3. The molecule has 2 aliphatic heterocycles. The van der Waals surface area contributed by atoms with Gasteiger partial charge in [0.1, 0.15) is 5.82 Å². The lowest BCUT2D eigenvalue weighted by atomic mass is 10.1. The number of piperazine rings is 1. The molecule has 1 aromatic carbocycles. The number of fused-ring (bicyclic) bond motifs is 3. The Hall–Kier alpha value is -2.32. The van der Waals surface area contributed by atoms with Gasteiger partial charge in [0.15, 0.2) is 0 Å². The number of carbonyl (C=O) groups is 1. The Balaban J connectivity index is 1.69. The number of benzene rings is 1. The Labute approximate surface area is 144 Å². The maximum absolute atomic E-state index is 13.3. The van der Waals surface area contributed by atoms with Crippen LogP contribution in [0.3, 0.4) is 0 Å². The van der Waals surface area contributed by atoms with E-state index in [4.69, 9.17) is 0 Å². The van der Waals surface area contributed by atoms with E-state index in [0.717, 1.165) is 6.07 Å². The van der Waals surface area contributed by atoms with Gasteiger partial charge in [-0.15, -0.1) is 0 Å². The first-order valence-corrected chi connectivity index (χ1v) is 9.36. The second-order valence-electron chi connectivity index (χ2n) is 6.22. The fraction of sp³-hybridized carbons (Fsp3) is 0.294. The lowest BCUT2D eigenvalue weighted by molar-refractivity contribution is 0.0625. The van der Waals surface area contributed by atoms with Gasteiger partial charge in [0.25, 0.3) is 5.91 Å². The number of sulfonamides is 1. The van der Waals surface area contributed by atoms with Crippen molar-refractivity contribution in [3.8, 4) is 0 Å². The molecule has 130 valence electrons. The van der Waals surface area contributed by atoms with Crippen molar-refractivity contribution in [1.82, 2.24) is 14.2 Å². The molecule has 0 saturated carbocycles. The predicted molar refractivity (Wildman–Crippen MR) is 87.9 cm³/mol. The molecule has 25 heavy (non-hydrogen) atoms. The van der Waals surface area contributed by atoms with E-state index >= 15 is 0 Å². The Morgan fingerprint density at radius 3 is 2.80 bits per heavy atom. The van der Waals surface area contributed by atoms with E-state index in [9.17, 15) is 17.6 Å². The van der Waals surface area contributed by atoms with Crippen molar-refractivity contribution >= 4 is 15.9 Å². The molecule has 8 heteroatoms. The van der Waals surface area contributed by atoms with Gasteiger partial charge in [-0.2, -0.15) is 4.31 Å². The van der Waals surface area contributed by atoms with Gasteiger partial charge in [-0.25, -0.2) is 12.8 Å². The highest BCUT2D eigenvalue weighted by atomic mass is 32.2. The summed E-state index contributed by atoms with van der Waals surface area (Å²) in [5.41, 5.74) is 1.51. The van der Waals surface area contributed by atoms with E-state index in [2.05, 4.69) is 4.98 Å². The van der Waals surface area contributed by atoms with E-state index in [0.29, 0.717) is 23.4 Å². The number of amides is 1. The summed E-state index contributed by atoms with van der Waals surface area (Å²) in [6.07, 6.45) is 1.60. The molecule has 1 fully saturated rings. The average Bonchev–Trinajstić information content (AvgIpc) is 2.87. The molecule has 0 spiro atoms. The molecule has 0 N–H and O–H groups in total. The predicted octanol–water partition coefficient (Wildman–Crippen LogP) is 1.73. The first kappa shape index (κ1) is 16.2. The van der Waals surface area contributed by atoms with Crippen molar-refractivity contribution < 1.29 is 17.6 Å². The Bertz CT molecular complexity index is 977. The van der Waals surface area contributed by atoms with Crippen LogP contribution in [0.5, 0.6) is 0 Å². The van der Waals surface area contributed by atoms with E-state index in [1.54, 1.807) is 30.2 Å². The van der Waals surface area contributed by atoms with Gasteiger partial charge >= 0.3 is 0 Å². The number of halogens is 1. The third kappa shape index (κ3) is 2.44. The first-order chi connectivity index (χ1) is 11.9. The van der Waals surface area contributed by atoms with Crippen molar-refractivity contribution in [3.05, 3.63) is 59.2 Å². The minimum absolute atomic E-state index is 0.0907. The Morgan fingerprint density at radius 2 is 2.04 bits per heavy atom. The normalized spacial score (nSPS) is 20.5. The van der Waals surface area contributed by atoms with Crippen molar-refractivity contribution in [2.75, 3.05) is 19.6 Å². The molecule has 1 aromatic heterocycles. The second-order valence-corrected chi connectivity index (χ2v) is 8.13. The van der Waals surface area contributed by atoms with E-state index in [1.165, 1.54) is 16.4 Å². The fourth-order valence-corrected chi connectivity index (χ4v) is 5.16. The smallest absolute Gasteiger partial charge is 0.256 e. The standard InChI is InChI=1S/C17H16FN3O3S/c1-11-9-12(18)4-5-15(11)25(23,24)20-7-8-21-14(10-20)16-13(17(21)22)3-2-6-19-16/h2-6,9,14H,7-8,10H2,1H3. The highest BCUT2D eigenvalue weighted by Gasteiger charge is 2.44. The molecule has 2 aliphatic rings. The molecular formula is C17H16FN3O3S. The zero-order chi connectivity index (χ0) is 17.8. The van der Waals surface area contributed by atoms with Crippen LogP contribution in [-0.2, 0) is 10.0 Å². The summed E-state index contributed by atoms with van der Waals surface area (Å²) in [6.45, 7) is 2.23. The SMILES string of the molecule is Cc1cc(F)ccc1S(=O)(=O)N1CCN2C(=O)c3cccnc3C2C1. The average molecular weight is 361 g/mol. The Kier molecular flexibility index (Phi) is 3.62. The minimum Gasteiger partial charge on any atom is -0.327 e. The monoisotopic (exact) mass is 361 g/mol. The quantitative estimate of drug-likeness (QED) is 0.817. The van der Waals surface area contributed by atoms with Crippen molar-refractivity contribution in [2.24, 2.45) is 0 Å². The molecule has 1 atom stereocenters. The third-order valence-electron chi connectivity index (χ3n) is 4.74. The number of carbonyl (C=O) groups excluding carboxylic acids is 1. The molecule has 4 rings (SSSR count). The lowest BCUT2D eigenvalue weighted by Crippen LogP contribution is -2.49. The minimum atomic E-state index is -3.77. The highest BCUT2D eigenvalue weighted by molar-refractivity contribution is 7.89. The van der Waals surface area contributed by atoms with Crippen LogP contribution in [0.15, 0.2) is 41.4 Å². The van der Waals surface area contributed by atoms with E-state index in [-0.39, 0.29) is 29.9 Å². The third-order valence-corrected chi connectivity index (χ3v) is 6.77. The largest absolute Gasteiger partial charge is 0.327 e. The van der Waals surface area contributed by atoms with Gasteiger partial charge < -0.3 is 4.90 Å². The van der Waals surface area contributed by atoms with Gasteiger partial charge in [-0.05, 0) is 42.8 Å². The zero-order valence-corrected chi connectivity index (χ0v) is 14.3. The second kappa shape index (κ2) is 5.60. The molecule has 1 unspecified atom stereocenters. The number of aryl methyl sites for hydroxylation is 1. The summed E-state index contributed by atoms with van der Waals surface area (Å²) in [5.74, 6) is -0.580. The molecule has 0 aliphatic carbocycles. The maximum Gasteiger partial charge on any atom is 0.256 e. The molecule has 0 radical (unpaired) electrons. The summed E-state index contributed by atoms with van der Waals surface area (Å²) in [6, 6.07) is 6.68. The molecular weight excluding hydrogens is 345 g/mol. The van der Waals surface area contributed by atoms with Crippen molar-refractivity contribution in [1.29, 1.82) is 0 Å². The molecule has 0 bridgehead atoms. The summed E-state index contributed by atoms with van der Waals surface area (Å²) in [7, 11) is -3.77. The van der Waals surface area contributed by atoms with Gasteiger partial charge in [-0.3, -0.25) is 9.78 Å². The molecule has 6 nitrogen and oxygen atoms in total. The number of nitrogens with zero attached hydrogens (tertiary/aromatic N) is 3. The molecule has 3 heterocycles. The summed E-state index contributed by atoms with van der Waals surface area (Å²) in [5, 5.41) is 0. The van der Waals surface area contributed by atoms with Crippen molar-refractivity contribution in [3.63, 3.8) is 0 Å². The van der Waals surface area contributed by atoms with Crippen LogP contribution >= 0.6 is 0 Å². The van der Waals surface area contributed by atoms with Crippen LogP contribution in [-0.4, -0.2) is 48.1 Å². The lowest BCUT2D eigenvalue weighted by Gasteiger charge is -2.36. The van der Waals surface area contributed by atoms with Crippen LogP contribution in [0.2, 0.25) is 0 Å².